The van der Waals surface area contributed by atoms with Crippen molar-refractivity contribution in [2.75, 3.05) is 26.7 Å². The predicted molar refractivity (Wildman–Crippen MR) is 49.0 cm³/mol. The molecular formula is C10H19NO. The number of hydrogen-bond acceptors (Lipinski definition) is 2. The number of aliphatic hydroxyl groups excluding tert-OH is 1. The van der Waals surface area contributed by atoms with Crippen LogP contribution in [0.3, 0.4) is 0 Å². The van der Waals surface area contributed by atoms with Crippen molar-refractivity contribution in [1.82, 2.24) is 4.90 Å². The number of hydrogen-bond donors (Lipinski definition) is 1. The summed E-state index contributed by atoms with van der Waals surface area (Å²) in [6, 6.07) is 0. The fraction of sp³-hybridized carbons (Fsp3) is 1.00. The van der Waals surface area contributed by atoms with E-state index in [9.17, 15) is 5.11 Å². The number of rotatable bonds is 1. The summed E-state index contributed by atoms with van der Waals surface area (Å²) in [4.78, 5) is 2.35. The van der Waals surface area contributed by atoms with Crippen LogP contribution in [0, 0.1) is 10.8 Å². The minimum atomic E-state index is 0.181. The van der Waals surface area contributed by atoms with Gasteiger partial charge >= 0.3 is 0 Å². The van der Waals surface area contributed by atoms with Crippen LogP contribution >= 0.6 is 0 Å². The van der Waals surface area contributed by atoms with Crippen LogP contribution in [0.25, 0.3) is 0 Å². The highest BCUT2D eigenvalue weighted by molar-refractivity contribution is 5.08. The van der Waals surface area contributed by atoms with E-state index in [1.807, 2.05) is 0 Å². The summed E-state index contributed by atoms with van der Waals surface area (Å²) in [7, 11) is 2.16. The molecule has 2 fully saturated rings. The van der Waals surface area contributed by atoms with Crippen LogP contribution in [0.4, 0.5) is 0 Å². The van der Waals surface area contributed by atoms with Gasteiger partial charge in [-0.2, -0.15) is 0 Å². The molecule has 1 unspecified atom stereocenters. The SMILES string of the molecule is CN1CCC2(CC2)C(C)(CO)C1. The molecule has 0 radical (unpaired) electrons. The third-order valence-corrected chi connectivity index (χ3v) is 4.07. The Kier molecular flexibility index (Phi) is 1.74. The molecule has 0 aromatic rings. The lowest BCUT2D eigenvalue weighted by Gasteiger charge is -2.45. The van der Waals surface area contributed by atoms with Gasteiger partial charge in [-0.3, -0.25) is 0 Å². The molecule has 1 heterocycles. The molecule has 1 aliphatic heterocycles. The van der Waals surface area contributed by atoms with Crippen molar-refractivity contribution in [2.24, 2.45) is 10.8 Å². The van der Waals surface area contributed by atoms with E-state index >= 15 is 0 Å². The predicted octanol–water partition coefficient (Wildman–Crippen LogP) is 1.10. The van der Waals surface area contributed by atoms with Crippen LogP contribution in [0.1, 0.15) is 26.2 Å². The van der Waals surface area contributed by atoms with Gasteiger partial charge in [-0.1, -0.05) is 6.92 Å². The van der Waals surface area contributed by atoms with E-state index < -0.39 is 0 Å². The molecule has 12 heavy (non-hydrogen) atoms. The maximum atomic E-state index is 9.42. The molecule has 70 valence electrons. The van der Waals surface area contributed by atoms with E-state index in [4.69, 9.17) is 0 Å². The van der Waals surface area contributed by atoms with Crippen molar-refractivity contribution in [3.05, 3.63) is 0 Å². The molecule has 2 nitrogen and oxygen atoms in total. The molecule has 1 aliphatic carbocycles. The molecule has 1 atom stereocenters. The van der Waals surface area contributed by atoms with Crippen LogP contribution in [0.15, 0.2) is 0 Å². The van der Waals surface area contributed by atoms with Crippen molar-refractivity contribution in [1.29, 1.82) is 0 Å². The molecule has 0 aromatic heterocycles. The molecule has 1 saturated heterocycles. The fourth-order valence-electron chi connectivity index (χ4n) is 2.77. The molecule has 2 heteroatoms. The Bertz CT molecular complexity index is 188. The second-order valence-electron chi connectivity index (χ2n) is 4.99. The molecule has 0 aromatic carbocycles. The molecule has 1 N–H and O–H groups in total. The Labute approximate surface area is 74.6 Å². The van der Waals surface area contributed by atoms with E-state index in [-0.39, 0.29) is 5.41 Å². The molecule has 1 spiro atoms. The van der Waals surface area contributed by atoms with Crippen molar-refractivity contribution < 1.29 is 5.11 Å². The quantitative estimate of drug-likeness (QED) is 0.635. The fourth-order valence-corrected chi connectivity index (χ4v) is 2.77. The minimum Gasteiger partial charge on any atom is -0.396 e. The maximum absolute atomic E-state index is 9.42. The molecule has 2 aliphatic rings. The Balaban J connectivity index is 2.15. The molecular weight excluding hydrogens is 150 g/mol. The number of aliphatic hydroxyl groups is 1. The average Bonchev–Trinajstić information content (AvgIpc) is 2.80. The molecule has 0 amide bonds. The topological polar surface area (TPSA) is 23.5 Å². The minimum absolute atomic E-state index is 0.181. The molecule has 0 bridgehead atoms. The second-order valence-corrected chi connectivity index (χ2v) is 4.99. The van der Waals surface area contributed by atoms with Gasteiger partial charge in [-0.05, 0) is 38.3 Å². The first-order valence-corrected chi connectivity index (χ1v) is 4.91. The first-order valence-electron chi connectivity index (χ1n) is 4.91. The van der Waals surface area contributed by atoms with Crippen molar-refractivity contribution in [3.63, 3.8) is 0 Å². The zero-order valence-electron chi connectivity index (χ0n) is 8.14. The first kappa shape index (κ1) is 8.52. The second kappa shape index (κ2) is 2.46. The van der Waals surface area contributed by atoms with Crippen molar-refractivity contribution in [3.8, 4) is 0 Å². The van der Waals surface area contributed by atoms with E-state index in [0.29, 0.717) is 12.0 Å². The van der Waals surface area contributed by atoms with Crippen molar-refractivity contribution >= 4 is 0 Å². The first-order chi connectivity index (χ1) is 5.62. The number of likely N-dealkylation sites (tertiary alicyclic amines) is 1. The van der Waals surface area contributed by atoms with Gasteiger partial charge in [0.05, 0.1) is 6.61 Å². The van der Waals surface area contributed by atoms with Gasteiger partial charge < -0.3 is 10.0 Å². The van der Waals surface area contributed by atoms with Gasteiger partial charge in [0, 0.05) is 12.0 Å². The highest BCUT2D eigenvalue weighted by Gasteiger charge is 2.57. The van der Waals surface area contributed by atoms with Gasteiger partial charge in [0.25, 0.3) is 0 Å². The summed E-state index contributed by atoms with van der Waals surface area (Å²) in [5.41, 5.74) is 0.703. The average molecular weight is 169 g/mol. The highest BCUT2D eigenvalue weighted by Crippen LogP contribution is 2.62. The zero-order chi connectivity index (χ0) is 8.82. The third kappa shape index (κ3) is 1.01. The van der Waals surface area contributed by atoms with E-state index in [0.717, 1.165) is 6.54 Å². The van der Waals surface area contributed by atoms with Gasteiger partial charge in [-0.25, -0.2) is 0 Å². The van der Waals surface area contributed by atoms with Gasteiger partial charge in [0.15, 0.2) is 0 Å². The van der Waals surface area contributed by atoms with Gasteiger partial charge in [0.2, 0.25) is 0 Å². The Hall–Kier alpha value is -0.0800. The van der Waals surface area contributed by atoms with Crippen LogP contribution in [-0.2, 0) is 0 Å². The Morgan fingerprint density at radius 3 is 2.50 bits per heavy atom. The third-order valence-electron chi connectivity index (χ3n) is 4.07. The Morgan fingerprint density at radius 2 is 2.00 bits per heavy atom. The monoisotopic (exact) mass is 169 g/mol. The summed E-state index contributed by atoms with van der Waals surface area (Å²) in [5.74, 6) is 0. The lowest BCUT2D eigenvalue weighted by Crippen LogP contribution is -2.48. The largest absolute Gasteiger partial charge is 0.396 e. The lowest BCUT2D eigenvalue weighted by atomic mass is 9.70. The summed E-state index contributed by atoms with van der Waals surface area (Å²) < 4.78 is 0. The molecule has 1 saturated carbocycles. The van der Waals surface area contributed by atoms with E-state index in [2.05, 4.69) is 18.9 Å². The lowest BCUT2D eigenvalue weighted by molar-refractivity contribution is -0.0101. The Morgan fingerprint density at radius 1 is 1.33 bits per heavy atom. The summed E-state index contributed by atoms with van der Waals surface area (Å²) in [6.45, 7) is 4.89. The highest BCUT2D eigenvalue weighted by atomic mass is 16.3. The maximum Gasteiger partial charge on any atom is 0.0502 e. The zero-order valence-corrected chi connectivity index (χ0v) is 8.14. The van der Waals surface area contributed by atoms with Crippen LogP contribution in [-0.4, -0.2) is 36.8 Å². The van der Waals surface area contributed by atoms with E-state index in [1.165, 1.54) is 25.8 Å². The standard InChI is InChI=1S/C10H19NO/c1-9(8-12)7-11(2)6-5-10(9)3-4-10/h12H,3-8H2,1-2H3. The van der Waals surface area contributed by atoms with Gasteiger partial charge in [0.1, 0.15) is 0 Å². The summed E-state index contributed by atoms with van der Waals surface area (Å²) in [5, 5.41) is 9.42. The van der Waals surface area contributed by atoms with Crippen LogP contribution < -0.4 is 0 Å². The van der Waals surface area contributed by atoms with E-state index in [1.54, 1.807) is 0 Å². The summed E-state index contributed by atoms with van der Waals surface area (Å²) >= 11 is 0. The smallest absolute Gasteiger partial charge is 0.0502 e. The van der Waals surface area contributed by atoms with Crippen LogP contribution in [0.2, 0.25) is 0 Å². The summed E-state index contributed by atoms with van der Waals surface area (Å²) in [6.07, 6.45) is 3.98. The normalized spacial score (nSPS) is 40.2. The molecule has 2 rings (SSSR count). The van der Waals surface area contributed by atoms with Gasteiger partial charge in [-0.15, -0.1) is 0 Å². The van der Waals surface area contributed by atoms with Crippen LogP contribution in [0.5, 0.6) is 0 Å². The van der Waals surface area contributed by atoms with Crippen molar-refractivity contribution in [2.45, 2.75) is 26.2 Å². The number of nitrogens with zero attached hydrogens (tertiary/aromatic N) is 1. The number of piperidine rings is 1.